The molecule has 4 unspecified atom stereocenters. The van der Waals surface area contributed by atoms with Crippen LogP contribution in [0.3, 0.4) is 0 Å². The Hall–Kier alpha value is -2.46. The molecule has 19 heteroatoms. The highest BCUT2D eigenvalue weighted by Gasteiger charge is 2.30. The molecule has 0 aromatic carbocycles. The molecule has 0 saturated carbocycles. The van der Waals surface area contributed by atoms with Crippen molar-refractivity contribution >= 4 is 39.5 Å². The van der Waals surface area contributed by atoms with E-state index in [2.05, 4.69) is 72.8 Å². The van der Waals surface area contributed by atoms with Crippen LogP contribution in [0.2, 0.25) is 0 Å². The van der Waals surface area contributed by atoms with Crippen LogP contribution in [0.15, 0.2) is 24.3 Å². The fourth-order valence-electron chi connectivity index (χ4n) is 12.4. The second kappa shape index (κ2) is 73.7. The van der Waals surface area contributed by atoms with Crippen LogP contribution in [0, 0.1) is 17.8 Å². The zero-order valence-corrected chi connectivity index (χ0v) is 69.1. The van der Waals surface area contributed by atoms with Crippen molar-refractivity contribution in [3.63, 3.8) is 0 Å². The van der Waals surface area contributed by atoms with Crippen molar-refractivity contribution in [1.82, 2.24) is 0 Å². The van der Waals surface area contributed by atoms with Crippen molar-refractivity contribution in [2.24, 2.45) is 17.8 Å². The molecule has 103 heavy (non-hydrogen) atoms. The molecule has 0 aromatic rings. The number of aliphatic hydroxyl groups excluding tert-OH is 1. The van der Waals surface area contributed by atoms with E-state index >= 15 is 0 Å². The van der Waals surface area contributed by atoms with Crippen molar-refractivity contribution in [2.45, 2.75) is 433 Å². The number of unbranched alkanes of at least 4 members (excludes halogenated alkanes) is 43. The summed E-state index contributed by atoms with van der Waals surface area (Å²) in [5, 5.41) is 10.7. The van der Waals surface area contributed by atoms with Crippen molar-refractivity contribution in [3.05, 3.63) is 24.3 Å². The molecular weight excluding hydrogens is 1340 g/mol. The molecule has 0 fully saturated rings. The number of phosphoric ester groups is 2. The van der Waals surface area contributed by atoms with Gasteiger partial charge < -0.3 is 33.8 Å². The Morgan fingerprint density at radius 2 is 0.573 bits per heavy atom. The van der Waals surface area contributed by atoms with Crippen LogP contribution in [0.1, 0.15) is 414 Å². The van der Waals surface area contributed by atoms with Gasteiger partial charge in [-0.2, -0.15) is 0 Å². The number of rotatable bonds is 80. The molecule has 0 aromatic heterocycles. The van der Waals surface area contributed by atoms with E-state index in [1.54, 1.807) is 0 Å². The Bertz CT molecular complexity index is 2090. The quantitative estimate of drug-likeness (QED) is 0.0169. The highest BCUT2D eigenvalue weighted by molar-refractivity contribution is 7.47. The van der Waals surface area contributed by atoms with E-state index in [4.69, 9.17) is 37.0 Å². The number of aliphatic hydroxyl groups is 1. The third kappa shape index (κ3) is 74.8. The number of allylic oxidation sites excluding steroid dienone is 4. The molecule has 7 atom stereocenters. The van der Waals surface area contributed by atoms with Gasteiger partial charge in [0.1, 0.15) is 19.3 Å². The van der Waals surface area contributed by atoms with Crippen LogP contribution in [0.5, 0.6) is 0 Å². The second-order valence-corrected chi connectivity index (χ2v) is 33.4. The number of carbonyl (C=O) groups is 4. The lowest BCUT2D eigenvalue weighted by atomic mass is 9.99. The summed E-state index contributed by atoms with van der Waals surface area (Å²) in [5.74, 6) is 0.247. The summed E-state index contributed by atoms with van der Waals surface area (Å²) >= 11 is 0. The lowest BCUT2D eigenvalue weighted by Crippen LogP contribution is -2.30. The molecule has 0 bridgehead atoms. The van der Waals surface area contributed by atoms with Gasteiger partial charge in [0.2, 0.25) is 0 Å². The van der Waals surface area contributed by atoms with Crippen molar-refractivity contribution < 1.29 is 80.2 Å². The number of esters is 4. The van der Waals surface area contributed by atoms with Gasteiger partial charge in [-0.1, -0.05) is 362 Å². The van der Waals surface area contributed by atoms with E-state index in [0.29, 0.717) is 25.7 Å². The Kier molecular flexibility index (Phi) is 71.9. The van der Waals surface area contributed by atoms with Gasteiger partial charge in [0, 0.05) is 25.7 Å². The van der Waals surface area contributed by atoms with Crippen LogP contribution in [0.4, 0.5) is 0 Å². The Balaban J connectivity index is 5.26. The second-order valence-electron chi connectivity index (χ2n) is 30.5. The van der Waals surface area contributed by atoms with Gasteiger partial charge >= 0.3 is 39.5 Å². The lowest BCUT2D eigenvalue weighted by molar-refractivity contribution is -0.161. The molecule has 0 amide bonds. The van der Waals surface area contributed by atoms with Crippen molar-refractivity contribution in [1.29, 1.82) is 0 Å². The molecule has 0 spiro atoms. The van der Waals surface area contributed by atoms with Crippen LogP contribution >= 0.6 is 15.6 Å². The van der Waals surface area contributed by atoms with Gasteiger partial charge in [-0.25, -0.2) is 9.13 Å². The molecule has 0 radical (unpaired) electrons. The first-order chi connectivity index (χ1) is 49.8. The van der Waals surface area contributed by atoms with E-state index < -0.39 is 97.5 Å². The van der Waals surface area contributed by atoms with Gasteiger partial charge in [0.25, 0.3) is 0 Å². The highest BCUT2D eigenvalue weighted by Crippen LogP contribution is 2.45. The number of hydrogen-bond donors (Lipinski definition) is 3. The number of carbonyl (C=O) groups excluding carboxylic acids is 4. The van der Waals surface area contributed by atoms with Crippen molar-refractivity contribution in [3.8, 4) is 0 Å². The van der Waals surface area contributed by atoms with Gasteiger partial charge in [-0.05, 0) is 69.1 Å². The largest absolute Gasteiger partial charge is 0.472 e. The maximum Gasteiger partial charge on any atom is 0.472 e. The maximum absolute atomic E-state index is 13.1. The number of ether oxygens (including phenoxy) is 4. The maximum atomic E-state index is 13.1. The first kappa shape index (κ1) is 101. The first-order valence-electron chi connectivity index (χ1n) is 42.7. The summed E-state index contributed by atoms with van der Waals surface area (Å²) in [6, 6.07) is 0. The molecule has 0 rings (SSSR count). The van der Waals surface area contributed by atoms with Crippen LogP contribution in [-0.2, 0) is 65.4 Å². The third-order valence-corrected chi connectivity index (χ3v) is 21.6. The summed E-state index contributed by atoms with van der Waals surface area (Å²) in [4.78, 5) is 73.1. The van der Waals surface area contributed by atoms with Gasteiger partial charge in [-0.15, -0.1) is 0 Å². The molecular formula is C84H160O17P2. The van der Waals surface area contributed by atoms with Gasteiger partial charge in [0.05, 0.1) is 26.4 Å². The summed E-state index contributed by atoms with van der Waals surface area (Å²) < 4.78 is 68.7. The monoisotopic (exact) mass is 1500 g/mol. The van der Waals surface area contributed by atoms with E-state index in [0.717, 1.165) is 127 Å². The first-order valence-corrected chi connectivity index (χ1v) is 45.7. The Labute approximate surface area is 631 Å². The highest BCUT2D eigenvalue weighted by atomic mass is 31.2. The fourth-order valence-corrected chi connectivity index (χ4v) is 14.0. The summed E-state index contributed by atoms with van der Waals surface area (Å²) in [5.41, 5.74) is 0. The predicted molar refractivity (Wildman–Crippen MR) is 423 cm³/mol. The third-order valence-electron chi connectivity index (χ3n) is 19.7. The van der Waals surface area contributed by atoms with Crippen molar-refractivity contribution in [2.75, 3.05) is 39.6 Å². The van der Waals surface area contributed by atoms with E-state index in [-0.39, 0.29) is 25.7 Å². The Morgan fingerprint density at radius 1 is 0.320 bits per heavy atom. The SMILES string of the molecule is CCCCCC/C=C\C=C/CCCCCCCC(=O)O[C@H](COC(=O)CCCCCCCCC(C)CC)COP(=O)(O)OC[C@H](O)COP(=O)(O)OC[C@@H](COC(=O)CCCCCCCCCCCCCCCC(C)C)OC(=O)CCCCCCCCCCCCCCCCCCCCC(C)CC. The molecule has 17 nitrogen and oxygen atoms in total. The molecule has 0 aliphatic heterocycles. The summed E-state index contributed by atoms with van der Waals surface area (Å²) in [7, 11) is -9.94. The van der Waals surface area contributed by atoms with Gasteiger partial charge in [0.15, 0.2) is 12.2 Å². The van der Waals surface area contributed by atoms with E-state index in [1.807, 2.05) is 0 Å². The lowest BCUT2D eigenvalue weighted by Gasteiger charge is -2.21. The summed E-state index contributed by atoms with van der Waals surface area (Å²) in [6.07, 6.45) is 66.1. The summed E-state index contributed by atoms with van der Waals surface area (Å²) in [6.45, 7) is 11.9. The average Bonchev–Trinajstić information content (AvgIpc) is 0.915. The standard InChI is InChI=1S/C84H160O17P2/c1-8-11-12-13-14-15-16-17-22-28-34-39-44-53-60-68-84(89)101-80(72-95-82(87)66-59-52-47-46-50-57-64-77(7)10-3)74-99-103(92,93)97-70-78(85)69-96-102(90,91)98-73-79(71-94-81(86)65-58-51-43-38-33-30-25-26-31-36-41-48-55-62-75(4)5)100-83(88)67-61-54-45-40-35-29-24-21-19-18-20-23-27-32-37-42-49-56-63-76(6)9-2/h15-17,22,75-80,85H,8-14,18-21,23-74H2,1-7H3,(H,90,91)(H,92,93)/b16-15-,22-17-/t76?,77?,78-,79-,80-/m1/s1. The molecule has 608 valence electrons. The minimum atomic E-state index is -4.97. The fraction of sp³-hybridized carbons (Fsp3) is 0.905. The van der Waals surface area contributed by atoms with E-state index in [9.17, 15) is 43.2 Å². The number of phosphoric acid groups is 2. The topological polar surface area (TPSA) is 237 Å². The molecule has 3 N–H and O–H groups in total. The van der Waals surface area contributed by atoms with Crippen LogP contribution < -0.4 is 0 Å². The minimum Gasteiger partial charge on any atom is -0.462 e. The minimum absolute atomic E-state index is 0.0841. The van der Waals surface area contributed by atoms with Crippen LogP contribution in [0.25, 0.3) is 0 Å². The zero-order valence-electron chi connectivity index (χ0n) is 67.3. The normalized spacial score (nSPS) is 14.6. The van der Waals surface area contributed by atoms with E-state index in [1.165, 1.54) is 205 Å². The zero-order chi connectivity index (χ0) is 75.8. The van der Waals surface area contributed by atoms with Gasteiger partial charge in [-0.3, -0.25) is 37.3 Å². The smallest absolute Gasteiger partial charge is 0.462 e. The Morgan fingerprint density at radius 3 is 0.864 bits per heavy atom. The predicted octanol–water partition coefficient (Wildman–Crippen LogP) is 24.9. The molecule has 0 aliphatic carbocycles. The average molecular weight is 1500 g/mol. The molecule has 0 saturated heterocycles. The number of hydrogen-bond acceptors (Lipinski definition) is 15. The van der Waals surface area contributed by atoms with Crippen LogP contribution in [-0.4, -0.2) is 96.7 Å². The molecule has 0 heterocycles. The molecule has 0 aliphatic rings.